The zero-order chi connectivity index (χ0) is 26.3. The summed E-state index contributed by atoms with van der Waals surface area (Å²) < 4.78 is 49.3. The van der Waals surface area contributed by atoms with Crippen LogP contribution >= 0.6 is 0 Å². The number of aromatic amines is 1. The summed E-state index contributed by atoms with van der Waals surface area (Å²) in [7, 11) is -4.35. The first-order valence-corrected chi connectivity index (χ1v) is 16.2. The number of nitrogens with zero attached hydrogens (tertiary/aromatic N) is 1. The van der Waals surface area contributed by atoms with Crippen molar-refractivity contribution in [1.82, 2.24) is 9.55 Å². The lowest BCUT2D eigenvalue weighted by molar-refractivity contribution is 0.443. The number of nitrogens with one attached hydrogen (secondary N) is 2. The molecule has 0 aliphatic carbocycles. The van der Waals surface area contributed by atoms with Crippen LogP contribution in [0.25, 0.3) is 22.0 Å². The molecule has 11 heteroatoms. The van der Waals surface area contributed by atoms with Gasteiger partial charge in [0.05, 0.1) is 5.75 Å². The van der Waals surface area contributed by atoms with Crippen LogP contribution in [0.15, 0.2) is 59.7 Å². The molecule has 2 heterocycles. The number of hydrogen-bond acceptors (Lipinski definition) is 5. The van der Waals surface area contributed by atoms with Crippen molar-refractivity contribution in [2.75, 3.05) is 10.5 Å². The molecule has 0 unspecified atom stereocenters. The van der Waals surface area contributed by atoms with Crippen LogP contribution in [0.5, 0.6) is 11.5 Å². The monoisotopic (exact) mass is 529 g/mol. The second-order valence-electron chi connectivity index (χ2n) is 9.30. The molecular formula is C25H28FN3O5SSi. The zero-order valence-electron chi connectivity index (χ0n) is 20.4. The third-order valence-electron chi connectivity index (χ3n) is 5.67. The van der Waals surface area contributed by atoms with E-state index in [1.54, 1.807) is 56.8 Å². The number of hydrogen-bond donors (Lipinski definition) is 3. The highest BCUT2D eigenvalue weighted by molar-refractivity contribution is 7.92. The molecule has 4 rings (SSSR count). The quantitative estimate of drug-likeness (QED) is 0.291. The molecule has 0 radical (unpaired) electrons. The number of benzene rings is 2. The predicted octanol–water partition coefficient (Wildman–Crippen LogP) is 4.51. The molecule has 36 heavy (non-hydrogen) atoms. The molecule has 2 aromatic heterocycles. The number of halogens is 1. The van der Waals surface area contributed by atoms with E-state index in [4.69, 9.17) is 4.74 Å². The minimum atomic E-state index is -3.55. The van der Waals surface area contributed by atoms with E-state index in [1.165, 1.54) is 29.7 Å². The van der Waals surface area contributed by atoms with Gasteiger partial charge in [-0.15, -0.1) is 0 Å². The molecule has 0 bridgehead atoms. The topological polar surface area (TPSA) is 113 Å². The highest BCUT2D eigenvalue weighted by Gasteiger charge is 2.20. The molecule has 4 aromatic rings. The minimum Gasteiger partial charge on any atom is -0.454 e. The molecule has 0 saturated carbocycles. The van der Waals surface area contributed by atoms with E-state index < -0.39 is 24.2 Å². The van der Waals surface area contributed by atoms with Crippen LogP contribution in [-0.4, -0.2) is 36.8 Å². The molecule has 0 spiro atoms. The number of sulfonamides is 1. The zero-order valence-corrected chi connectivity index (χ0v) is 22.2. The fourth-order valence-corrected chi connectivity index (χ4v) is 5.83. The number of aromatic nitrogens is 2. The minimum absolute atomic E-state index is 0.0190. The average molecular weight is 530 g/mol. The Labute approximate surface area is 209 Å². The molecule has 0 atom stereocenters. The smallest absolute Gasteiger partial charge is 0.274 e. The molecule has 0 amide bonds. The largest absolute Gasteiger partial charge is 0.454 e. The van der Waals surface area contributed by atoms with Crippen molar-refractivity contribution < 1.29 is 22.3 Å². The maximum atomic E-state index is 15.0. The van der Waals surface area contributed by atoms with Crippen molar-refractivity contribution in [3.05, 3.63) is 76.6 Å². The standard InChI is InChI=1S/C25H28FN3O5SSi/c1-5-35(31,32)28-17-7-9-22(34-23-8-6-16(12-21(23)26)15-36(3,4)33)19(13-17)20-14-29(2)25(30)24-18(20)10-11-27-24/h6-14,27-28,33H,5,15H2,1-4H3. The Bertz CT molecular complexity index is 1610. The van der Waals surface area contributed by atoms with E-state index in [-0.39, 0.29) is 22.8 Å². The molecule has 3 N–H and O–H groups in total. The van der Waals surface area contributed by atoms with Gasteiger partial charge in [-0.1, -0.05) is 6.07 Å². The van der Waals surface area contributed by atoms with Gasteiger partial charge in [0.15, 0.2) is 19.9 Å². The first kappa shape index (κ1) is 25.7. The molecule has 190 valence electrons. The highest BCUT2D eigenvalue weighted by atomic mass is 32.2. The van der Waals surface area contributed by atoms with E-state index >= 15 is 0 Å². The predicted molar refractivity (Wildman–Crippen MR) is 142 cm³/mol. The van der Waals surface area contributed by atoms with Crippen LogP contribution in [0.3, 0.4) is 0 Å². The first-order valence-electron chi connectivity index (χ1n) is 11.4. The van der Waals surface area contributed by atoms with Gasteiger partial charge in [0.2, 0.25) is 10.0 Å². The number of aryl methyl sites for hydroxylation is 1. The van der Waals surface area contributed by atoms with Gasteiger partial charge in [0.25, 0.3) is 5.56 Å². The van der Waals surface area contributed by atoms with Gasteiger partial charge in [0, 0.05) is 41.6 Å². The van der Waals surface area contributed by atoms with Crippen LogP contribution in [0, 0.1) is 5.82 Å². The second kappa shape index (κ2) is 9.56. The van der Waals surface area contributed by atoms with E-state index in [2.05, 4.69) is 9.71 Å². The molecule has 0 saturated heterocycles. The maximum Gasteiger partial charge on any atom is 0.274 e. The summed E-state index contributed by atoms with van der Waals surface area (Å²) in [5.74, 6) is -0.429. The molecule has 0 aliphatic rings. The second-order valence-corrected chi connectivity index (χ2v) is 15.3. The highest BCUT2D eigenvalue weighted by Crippen LogP contribution is 2.39. The van der Waals surface area contributed by atoms with E-state index in [0.29, 0.717) is 39.3 Å². The Morgan fingerprint density at radius 3 is 2.50 bits per heavy atom. The fourth-order valence-electron chi connectivity index (χ4n) is 3.98. The number of pyridine rings is 1. The third-order valence-corrected chi connectivity index (χ3v) is 8.25. The van der Waals surface area contributed by atoms with Crippen LogP contribution in [-0.2, 0) is 23.1 Å². The van der Waals surface area contributed by atoms with Crippen LogP contribution in [0.2, 0.25) is 13.1 Å². The Hall–Kier alpha value is -3.41. The van der Waals surface area contributed by atoms with Gasteiger partial charge in [-0.05, 0) is 68.0 Å². The molecular weight excluding hydrogens is 501 g/mol. The molecule has 2 aromatic carbocycles. The summed E-state index contributed by atoms with van der Waals surface area (Å²) >= 11 is 0. The average Bonchev–Trinajstić information content (AvgIpc) is 3.28. The summed E-state index contributed by atoms with van der Waals surface area (Å²) in [6.45, 7) is 5.10. The number of rotatable bonds is 8. The Kier molecular flexibility index (Phi) is 6.82. The maximum absolute atomic E-state index is 15.0. The lowest BCUT2D eigenvalue weighted by Crippen LogP contribution is -2.28. The van der Waals surface area contributed by atoms with Crippen molar-refractivity contribution in [1.29, 1.82) is 0 Å². The Balaban J connectivity index is 1.84. The van der Waals surface area contributed by atoms with E-state index in [9.17, 15) is 22.4 Å². The summed E-state index contributed by atoms with van der Waals surface area (Å²) in [5.41, 5.74) is 2.22. The van der Waals surface area contributed by atoms with E-state index in [0.717, 1.165) is 0 Å². The van der Waals surface area contributed by atoms with Crippen LogP contribution in [0.1, 0.15) is 12.5 Å². The number of H-pyrrole nitrogens is 1. The van der Waals surface area contributed by atoms with Crippen LogP contribution in [0.4, 0.5) is 10.1 Å². The van der Waals surface area contributed by atoms with Crippen LogP contribution < -0.4 is 15.0 Å². The lowest BCUT2D eigenvalue weighted by Gasteiger charge is -2.17. The van der Waals surface area contributed by atoms with Crippen molar-refractivity contribution in [2.45, 2.75) is 26.1 Å². The summed E-state index contributed by atoms with van der Waals surface area (Å²) in [5, 5.41) is 0.615. The van der Waals surface area contributed by atoms with Crippen molar-refractivity contribution >= 4 is 34.9 Å². The first-order chi connectivity index (χ1) is 16.9. The summed E-state index contributed by atoms with van der Waals surface area (Å²) in [4.78, 5) is 25.7. The summed E-state index contributed by atoms with van der Waals surface area (Å²) in [6.07, 6.45) is 3.27. The normalized spacial score (nSPS) is 12.2. The SMILES string of the molecule is CCS(=O)(=O)Nc1ccc(Oc2ccc(C[Si](C)(C)O)cc2F)c(-c2cn(C)c(=O)c3[nH]ccc23)c1. The number of ether oxygens (including phenoxy) is 1. The molecule has 0 aliphatic heterocycles. The lowest BCUT2D eigenvalue weighted by atomic mass is 10.0. The summed E-state index contributed by atoms with van der Waals surface area (Å²) in [6, 6.07) is 11.4. The Morgan fingerprint density at radius 2 is 1.83 bits per heavy atom. The Morgan fingerprint density at radius 1 is 1.11 bits per heavy atom. The van der Waals surface area contributed by atoms with Gasteiger partial charge in [0.1, 0.15) is 11.3 Å². The molecule has 8 nitrogen and oxygen atoms in total. The van der Waals surface area contributed by atoms with E-state index in [1.807, 2.05) is 0 Å². The van der Waals surface area contributed by atoms with Crippen molar-refractivity contribution in [3.8, 4) is 22.6 Å². The number of anilines is 1. The van der Waals surface area contributed by atoms with Crippen molar-refractivity contribution in [2.24, 2.45) is 7.05 Å². The van der Waals surface area contributed by atoms with Gasteiger partial charge < -0.3 is 19.1 Å². The van der Waals surface area contributed by atoms with Gasteiger partial charge in [-0.2, -0.15) is 0 Å². The van der Waals surface area contributed by atoms with Crippen molar-refractivity contribution in [3.63, 3.8) is 0 Å². The van der Waals surface area contributed by atoms with Gasteiger partial charge >= 0.3 is 0 Å². The fraction of sp³-hybridized carbons (Fsp3) is 0.240. The van der Waals surface area contributed by atoms with Gasteiger partial charge in [-0.25, -0.2) is 12.8 Å². The van der Waals surface area contributed by atoms with Gasteiger partial charge in [-0.3, -0.25) is 9.52 Å². The third kappa shape index (κ3) is 5.53. The number of fused-ring (bicyclic) bond motifs is 1. The molecule has 0 fully saturated rings.